The van der Waals surface area contributed by atoms with Gasteiger partial charge in [0, 0.05) is 37.1 Å². The third-order valence-corrected chi connectivity index (χ3v) is 4.01. The van der Waals surface area contributed by atoms with Gasteiger partial charge in [0.1, 0.15) is 0 Å². The molecule has 0 aliphatic carbocycles. The Balaban J connectivity index is 2.35. The van der Waals surface area contributed by atoms with Gasteiger partial charge in [0.25, 0.3) is 0 Å². The van der Waals surface area contributed by atoms with Crippen molar-refractivity contribution in [2.24, 2.45) is 12.9 Å². The smallest absolute Gasteiger partial charge is 0.338 e. The van der Waals surface area contributed by atoms with Gasteiger partial charge in [-0.15, -0.1) is 0 Å². The summed E-state index contributed by atoms with van der Waals surface area (Å²) < 4.78 is 1.94. The van der Waals surface area contributed by atoms with E-state index in [9.17, 15) is 9.90 Å². The van der Waals surface area contributed by atoms with Gasteiger partial charge in [0.05, 0.1) is 11.3 Å². The molecule has 0 aliphatic rings. The molecule has 1 aromatic heterocycles. The summed E-state index contributed by atoms with van der Waals surface area (Å²) in [7, 11) is 3.68. The number of aromatic carboxylic acids is 1. The van der Waals surface area contributed by atoms with Crippen molar-refractivity contribution in [1.29, 1.82) is 0 Å². The van der Waals surface area contributed by atoms with Crippen LogP contribution < -0.4 is 5.84 Å². The van der Waals surface area contributed by atoms with E-state index in [0.29, 0.717) is 17.8 Å². The van der Waals surface area contributed by atoms with Crippen molar-refractivity contribution in [3.8, 4) is 11.3 Å². The van der Waals surface area contributed by atoms with Gasteiger partial charge in [0.15, 0.2) is 0 Å². The third kappa shape index (κ3) is 2.60. The fourth-order valence-corrected chi connectivity index (χ4v) is 3.08. The van der Waals surface area contributed by atoms with Crippen LogP contribution in [0.25, 0.3) is 22.2 Å². The average molecular weight is 309 g/mol. The number of aryl methyl sites for hydroxylation is 1. The van der Waals surface area contributed by atoms with E-state index in [2.05, 4.69) is 0 Å². The van der Waals surface area contributed by atoms with Crippen molar-refractivity contribution in [3.05, 3.63) is 59.7 Å². The van der Waals surface area contributed by atoms with E-state index in [1.165, 1.54) is 0 Å². The molecule has 5 heteroatoms. The van der Waals surface area contributed by atoms with Gasteiger partial charge in [0.2, 0.25) is 0 Å². The maximum atomic E-state index is 11.9. The van der Waals surface area contributed by atoms with Gasteiger partial charge in [-0.05, 0) is 11.6 Å². The zero-order valence-corrected chi connectivity index (χ0v) is 13.2. The number of hydrogen-bond acceptors (Lipinski definition) is 3. The van der Waals surface area contributed by atoms with Crippen LogP contribution in [-0.4, -0.2) is 27.7 Å². The maximum Gasteiger partial charge on any atom is 0.338 e. The summed E-state index contributed by atoms with van der Waals surface area (Å²) in [5, 5.41) is 12.1. The number of benzene rings is 2. The summed E-state index contributed by atoms with van der Waals surface area (Å²) in [5.74, 6) is 4.87. The van der Waals surface area contributed by atoms with Crippen LogP contribution in [0.4, 0.5) is 0 Å². The number of rotatable bonds is 4. The minimum absolute atomic E-state index is 0.329. The Morgan fingerprint density at radius 1 is 1.17 bits per heavy atom. The summed E-state index contributed by atoms with van der Waals surface area (Å²) >= 11 is 0. The predicted molar refractivity (Wildman–Crippen MR) is 91.0 cm³/mol. The maximum absolute atomic E-state index is 11.9. The molecule has 2 aromatic carbocycles. The van der Waals surface area contributed by atoms with Crippen molar-refractivity contribution in [2.45, 2.75) is 6.54 Å². The number of carboxylic acids is 1. The summed E-state index contributed by atoms with van der Waals surface area (Å²) in [5.41, 5.74) is 3.81. The first-order chi connectivity index (χ1) is 11.0. The highest BCUT2D eigenvalue weighted by atomic mass is 16.4. The van der Waals surface area contributed by atoms with Crippen LogP contribution in [0.15, 0.2) is 48.5 Å². The van der Waals surface area contributed by atoms with Gasteiger partial charge in [-0.1, -0.05) is 42.5 Å². The molecule has 0 spiro atoms. The molecule has 0 atom stereocenters. The van der Waals surface area contributed by atoms with Gasteiger partial charge in [-0.3, -0.25) is 5.84 Å². The second-order valence-corrected chi connectivity index (χ2v) is 5.68. The lowest BCUT2D eigenvalue weighted by Gasteiger charge is -2.15. The SMILES string of the molecule is CN(N)Cc1ccccc1-c1c(C(=O)O)c2ccccc2n1C. The van der Waals surface area contributed by atoms with E-state index in [0.717, 1.165) is 22.0 Å². The first-order valence-electron chi connectivity index (χ1n) is 7.35. The first-order valence-corrected chi connectivity index (χ1v) is 7.35. The largest absolute Gasteiger partial charge is 0.478 e. The van der Waals surface area contributed by atoms with Gasteiger partial charge in [-0.2, -0.15) is 0 Å². The van der Waals surface area contributed by atoms with Crippen molar-refractivity contribution >= 4 is 16.9 Å². The van der Waals surface area contributed by atoms with E-state index in [1.54, 1.807) is 12.1 Å². The Morgan fingerprint density at radius 3 is 2.52 bits per heavy atom. The Kier molecular flexibility index (Phi) is 3.90. The Hall–Kier alpha value is -2.63. The number of nitrogens with two attached hydrogens (primary N) is 1. The number of para-hydroxylation sites is 1. The molecule has 0 saturated heterocycles. The molecular formula is C18H19N3O2. The van der Waals surface area contributed by atoms with Crippen LogP contribution in [-0.2, 0) is 13.6 Å². The fraction of sp³-hybridized carbons (Fsp3) is 0.167. The number of aromatic nitrogens is 1. The predicted octanol–water partition coefficient (Wildman–Crippen LogP) is 2.85. The molecule has 0 saturated carbocycles. The summed E-state index contributed by atoms with van der Waals surface area (Å²) in [4.78, 5) is 11.9. The minimum atomic E-state index is -0.923. The molecule has 5 nitrogen and oxygen atoms in total. The Labute approximate surface area is 134 Å². The summed E-state index contributed by atoms with van der Waals surface area (Å²) in [6, 6.07) is 15.3. The molecule has 0 amide bonds. The molecule has 118 valence electrons. The summed E-state index contributed by atoms with van der Waals surface area (Å²) in [6.07, 6.45) is 0. The molecule has 0 radical (unpaired) electrons. The molecule has 0 bridgehead atoms. The van der Waals surface area contributed by atoms with E-state index in [-0.39, 0.29) is 0 Å². The van der Waals surface area contributed by atoms with Crippen LogP contribution in [0.5, 0.6) is 0 Å². The highest BCUT2D eigenvalue weighted by molar-refractivity contribution is 6.10. The van der Waals surface area contributed by atoms with Crippen molar-refractivity contribution in [3.63, 3.8) is 0 Å². The lowest BCUT2D eigenvalue weighted by molar-refractivity contribution is 0.0699. The van der Waals surface area contributed by atoms with E-state index in [4.69, 9.17) is 5.84 Å². The van der Waals surface area contributed by atoms with Crippen molar-refractivity contribution in [2.75, 3.05) is 7.05 Å². The molecule has 3 aromatic rings. The fourth-order valence-electron chi connectivity index (χ4n) is 3.08. The molecule has 0 unspecified atom stereocenters. The lowest BCUT2D eigenvalue weighted by Crippen LogP contribution is -2.25. The quantitative estimate of drug-likeness (QED) is 0.574. The molecule has 1 heterocycles. The Morgan fingerprint density at radius 2 is 1.83 bits per heavy atom. The van der Waals surface area contributed by atoms with E-state index < -0.39 is 5.97 Å². The monoisotopic (exact) mass is 309 g/mol. The minimum Gasteiger partial charge on any atom is -0.478 e. The highest BCUT2D eigenvalue weighted by Crippen LogP contribution is 2.35. The number of hydrazine groups is 1. The van der Waals surface area contributed by atoms with Crippen LogP contribution in [0.2, 0.25) is 0 Å². The van der Waals surface area contributed by atoms with Gasteiger partial charge < -0.3 is 9.67 Å². The second kappa shape index (κ2) is 5.87. The number of nitrogens with zero attached hydrogens (tertiary/aromatic N) is 2. The van der Waals surface area contributed by atoms with Crippen LogP contribution >= 0.6 is 0 Å². The van der Waals surface area contributed by atoms with E-state index >= 15 is 0 Å². The molecule has 0 aliphatic heterocycles. The first kappa shape index (κ1) is 15.3. The van der Waals surface area contributed by atoms with Gasteiger partial charge >= 0.3 is 5.97 Å². The van der Waals surface area contributed by atoms with Gasteiger partial charge in [-0.25, -0.2) is 9.80 Å². The second-order valence-electron chi connectivity index (χ2n) is 5.68. The van der Waals surface area contributed by atoms with Crippen molar-refractivity contribution < 1.29 is 9.90 Å². The number of hydrogen-bond donors (Lipinski definition) is 2. The Bertz CT molecular complexity index is 881. The third-order valence-electron chi connectivity index (χ3n) is 4.01. The lowest BCUT2D eigenvalue weighted by atomic mass is 10.00. The number of carbonyl (C=O) groups is 1. The number of fused-ring (bicyclic) bond motifs is 1. The standard InChI is InChI=1S/C18H19N3O2/c1-20(19)11-12-7-3-4-8-13(12)17-16(18(22)23)14-9-5-6-10-15(14)21(17)2/h3-10H,11,19H2,1-2H3,(H,22,23). The molecule has 3 N–H and O–H groups in total. The molecule has 23 heavy (non-hydrogen) atoms. The average Bonchev–Trinajstić information content (AvgIpc) is 2.81. The topological polar surface area (TPSA) is 71.5 Å². The number of carboxylic acid groups (broad SMARTS) is 1. The van der Waals surface area contributed by atoms with Crippen molar-refractivity contribution in [1.82, 2.24) is 9.58 Å². The highest BCUT2D eigenvalue weighted by Gasteiger charge is 2.23. The molecular weight excluding hydrogens is 290 g/mol. The molecule has 0 fully saturated rings. The molecule has 3 rings (SSSR count). The normalized spacial score (nSPS) is 11.3. The van der Waals surface area contributed by atoms with Crippen LogP contribution in [0.3, 0.4) is 0 Å². The van der Waals surface area contributed by atoms with Crippen LogP contribution in [0.1, 0.15) is 15.9 Å². The van der Waals surface area contributed by atoms with E-state index in [1.807, 2.05) is 60.1 Å². The van der Waals surface area contributed by atoms with Crippen LogP contribution in [0, 0.1) is 0 Å². The summed E-state index contributed by atoms with van der Waals surface area (Å²) in [6.45, 7) is 0.538. The zero-order valence-electron chi connectivity index (χ0n) is 13.2. The zero-order chi connectivity index (χ0) is 16.6.